The monoisotopic (exact) mass is 712 g/mol. The number of halogens is 4. The maximum Gasteiger partial charge on any atom is 0.416 e. The molecular weight excluding hydrogens is 676 g/mol. The molecule has 5 rings (SSSR count). The van der Waals surface area contributed by atoms with E-state index in [4.69, 9.17) is 0 Å². The maximum atomic E-state index is 15.1. The molecule has 1 aromatic heterocycles. The number of benzene rings is 3. The zero-order valence-electron chi connectivity index (χ0n) is 27.6. The fourth-order valence-corrected chi connectivity index (χ4v) is 6.31. The number of nitrogens with one attached hydrogen (secondary N) is 1. The SMILES string of the molecule is Cc1c(N2CCN(Cc3cccc([N+](=O)[O-])c3)CC2)c(=O)n(C[C@H](NCCC(=O)O)c2ccccc2)c(=O)n1Cc1c(F)cccc1C(F)(F)F. The van der Waals surface area contributed by atoms with Crippen molar-refractivity contribution in [1.29, 1.82) is 0 Å². The van der Waals surface area contributed by atoms with Gasteiger partial charge in [0.1, 0.15) is 11.5 Å². The highest BCUT2D eigenvalue weighted by atomic mass is 19.4. The Hall–Kier alpha value is -5.35. The number of piperazine rings is 1. The average molecular weight is 713 g/mol. The van der Waals surface area contributed by atoms with Crippen LogP contribution in [0.15, 0.2) is 82.4 Å². The van der Waals surface area contributed by atoms with Gasteiger partial charge >= 0.3 is 17.8 Å². The summed E-state index contributed by atoms with van der Waals surface area (Å²) in [4.78, 5) is 54.2. The fraction of sp³-hybridized carbons (Fsp3) is 0.343. The Bertz CT molecular complexity index is 2010. The summed E-state index contributed by atoms with van der Waals surface area (Å²) in [6.45, 7) is 2.08. The molecule has 4 aromatic rings. The molecular formula is C35H36F4N6O6. The molecule has 0 amide bonds. The van der Waals surface area contributed by atoms with Crippen molar-refractivity contribution in [2.45, 2.75) is 45.2 Å². The Morgan fingerprint density at radius 3 is 2.29 bits per heavy atom. The van der Waals surface area contributed by atoms with Gasteiger partial charge in [-0.15, -0.1) is 0 Å². The van der Waals surface area contributed by atoms with E-state index < -0.39 is 57.8 Å². The molecule has 12 nitrogen and oxygen atoms in total. The van der Waals surface area contributed by atoms with Crippen molar-refractivity contribution in [3.8, 4) is 0 Å². The molecule has 0 unspecified atom stereocenters. The second kappa shape index (κ2) is 15.7. The van der Waals surface area contributed by atoms with E-state index in [0.717, 1.165) is 32.9 Å². The Kier molecular flexibility index (Phi) is 11.4. The lowest BCUT2D eigenvalue weighted by Gasteiger charge is -2.37. The first kappa shape index (κ1) is 36.9. The number of alkyl halides is 3. The average Bonchev–Trinajstić information content (AvgIpc) is 3.09. The van der Waals surface area contributed by atoms with E-state index in [1.54, 1.807) is 47.4 Å². The van der Waals surface area contributed by atoms with Gasteiger partial charge in [0.25, 0.3) is 11.2 Å². The number of nitro benzene ring substituents is 1. The first-order valence-electron chi connectivity index (χ1n) is 16.1. The molecule has 0 saturated carbocycles. The molecule has 16 heteroatoms. The fourth-order valence-electron chi connectivity index (χ4n) is 6.31. The normalized spacial score (nSPS) is 14.4. The summed E-state index contributed by atoms with van der Waals surface area (Å²) in [5.74, 6) is -2.23. The van der Waals surface area contributed by atoms with Crippen molar-refractivity contribution in [1.82, 2.24) is 19.4 Å². The standard InChI is InChI=1S/C35H36F4N6O6/c1-23-32(42-17-15-41(16-18-42)20-24-7-5-10-26(19-24)45(50)51)33(48)44(22-30(40-14-13-31(46)47)25-8-3-2-4-9-25)34(49)43(23)21-27-28(35(37,38)39)11-6-12-29(27)36/h2-12,19,30,40H,13-18,20-22H2,1H3,(H,46,47)/t30-/m0/s1. The molecule has 1 atom stereocenters. The van der Waals surface area contributed by atoms with Crippen molar-refractivity contribution in [2.24, 2.45) is 0 Å². The van der Waals surface area contributed by atoms with Gasteiger partial charge in [-0.05, 0) is 30.2 Å². The zero-order valence-corrected chi connectivity index (χ0v) is 27.6. The van der Waals surface area contributed by atoms with Crippen LogP contribution >= 0.6 is 0 Å². The summed E-state index contributed by atoms with van der Waals surface area (Å²) in [5, 5.41) is 23.5. The van der Waals surface area contributed by atoms with Crippen LogP contribution in [0.1, 0.15) is 40.4 Å². The van der Waals surface area contributed by atoms with E-state index in [1.807, 2.05) is 4.90 Å². The molecule has 51 heavy (non-hydrogen) atoms. The summed E-state index contributed by atoms with van der Waals surface area (Å²) in [6, 6.07) is 16.7. The highest BCUT2D eigenvalue weighted by molar-refractivity contribution is 5.66. The van der Waals surface area contributed by atoms with Crippen molar-refractivity contribution in [2.75, 3.05) is 37.6 Å². The summed E-state index contributed by atoms with van der Waals surface area (Å²) in [7, 11) is 0. The van der Waals surface area contributed by atoms with Crippen LogP contribution in [0.5, 0.6) is 0 Å². The minimum Gasteiger partial charge on any atom is -0.481 e. The Balaban J connectivity index is 1.55. The topological polar surface area (TPSA) is 143 Å². The number of anilines is 1. The number of hydrogen-bond donors (Lipinski definition) is 2. The first-order valence-corrected chi connectivity index (χ1v) is 16.1. The number of nitrogens with zero attached hydrogens (tertiary/aromatic N) is 5. The highest BCUT2D eigenvalue weighted by Gasteiger charge is 2.35. The molecule has 0 bridgehead atoms. The van der Waals surface area contributed by atoms with Crippen LogP contribution in [0.2, 0.25) is 0 Å². The Morgan fingerprint density at radius 2 is 1.65 bits per heavy atom. The molecule has 0 spiro atoms. The lowest BCUT2D eigenvalue weighted by Crippen LogP contribution is -2.51. The summed E-state index contributed by atoms with van der Waals surface area (Å²) in [5.41, 5.74) is -2.24. The minimum absolute atomic E-state index is 0.00669. The second-order valence-electron chi connectivity index (χ2n) is 12.2. The van der Waals surface area contributed by atoms with Crippen molar-refractivity contribution < 1.29 is 32.4 Å². The van der Waals surface area contributed by atoms with Gasteiger partial charge in [0, 0.05) is 62.7 Å². The molecule has 0 aliphatic carbocycles. The number of carboxylic acid groups (broad SMARTS) is 1. The van der Waals surface area contributed by atoms with Gasteiger partial charge in [-0.1, -0.05) is 48.5 Å². The molecule has 1 aliphatic rings. The zero-order chi connectivity index (χ0) is 36.9. The van der Waals surface area contributed by atoms with Crippen LogP contribution in [0.3, 0.4) is 0 Å². The van der Waals surface area contributed by atoms with Gasteiger partial charge in [-0.3, -0.25) is 33.7 Å². The third-order valence-electron chi connectivity index (χ3n) is 8.91. The van der Waals surface area contributed by atoms with Crippen LogP contribution in [-0.4, -0.2) is 62.8 Å². The summed E-state index contributed by atoms with van der Waals surface area (Å²) >= 11 is 0. The number of rotatable bonds is 13. The van der Waals surface area contributed by atoms with E-state index in [1.165, 1.54) is 19.1 Å². The molecule has 0 radical (unpaired) electrons. The van der Waals surface area contributed by atoms with Gasteiger partial charge in [0.05, 0.1) is 36.0 Å². The lowest BCUT2D eigenvalue weighted by atomic mass is 10.1. The Labute approximate surface area is 289 Å². The number of aliphatic carboxylic acids is 1. The van der Waals surface area contributed by atoms with Crippen LogP contribution in [0.25, 0.3) is 0 Å². The third kappa shape index (κ3) is 8.69. The number of nitro groups is 1. The number of carboxylic acids is 1. The number of non-ortho nitro benzene ring substituents is 1. The van der Waals surface area contributed by atoms with E-state index in [-0.39, 0.29) is 49.7 Å². The second-order valence-corrected chi connectivity index (χ2v) is 12.2. The molecule has 3 aromatic carbocycles. The molecule has 1 aliphatic heterocycles. The predicted octanol–water partition coefficient (Wildman–Crippen LogP) is 4.56. The Morgan fingerprint density at radius 1 is 0.961 bits per heavy atom. The van der Waals surface area contributed by atoms with E-state index in [9.17, 15) is 42.8 Å². The number of aromatic nitrogens is 2. The van der Waals surface area contributed by atoms with Crippen molar-refractivity contribution in [3.63, 3.8) is 0 Å². The van der Waals surface area contributed by atoms with E-state index in [0.29, 0.717) is 25.2 Å². The summed E-state index contributed by atoms with van der Waals surface area (Å²) in [6.07, 6.45) is -5.18. The van der Waals surface area contributed by atoms with Crippen LogP contribution < -0.4 is 21.5 Å². The molecule has 2 heterocycles. The molecule has 270 valence electrons. The smallest absolute Gasteiger partial charge is 0.416 e. The summed E-state index contributed by atoms with van der Waals surface area (Å²) < 4.78 is 59.1. The third-order valence-corrected chi connectivity index (χ3v) is 8.91. The van der Waals surface area contributed by atoms with Crippen molar-refractivity contribution >= 4 is 17.3 Å². The van der Waals surface area contributed by atoms with Gasteiger partial charge in [-0.25, -0.2) is 9.18 Å². The van der Waals surface area contributed by atoms with E-state index in [2.05, 4.69) is 5.32 Å². The molecule has 2 N–H and O–H groups in total. The lowest BCUT2D eigenvalue weighted by molar-refractivity contribution is -0.384. The largest absolute Gasteiger partial charge is 0.481 e. The van der Waals surface area contributed by atoms with Gasteiger partial charge in [0.15, 0.2) is 0 Å². The van der Waals surface area contributed by atoms with E-state index >= 15 is 4.39 Å². The predicted molar refractivity (Wildman–Crippen MR) is 180 cm³/mol. The highest BCUT2D eigenvalue weighted by Crippen LogP contribution is 2.34. The molecule has 1 fully saturated rings. The first-order chi connectivity index (χ1) is 24.2. The molecule has 1 saturated heterocycles. The quantitative estimate of drug-likeness (QED) is 0.116. The van der Waals surface area contributed by atoms with Gasteiger partial charge < -0.3 is 15.3 Å². The number of hydrogen-bond acceptors (Lipinski definition) is 8. The van der Waals surface area contributed by atoms with Crippen LogP contribution in [-0.2, 0) is 30.6 Å². The maximum absolute atomic E-state index is 15.1. The van der Waals surface area contributed by atoms with Gasteiger partial charge in [0.2, 0.25) is 0 Å². The number of carbonyl (C=O) groups is 1. The van der Waals surface area contributed by atoms with Crippen molar-refractivity contribution in [3.05, 3.63) is 138 Å². The van der Waals surface area contributed by atoms with Gasteiger partial charge in [-0.2, -0.15) is 13.2 Å². The minimum atomic E-state index is -4.92. The van der Waals surface area contributed by atoms with Crippen LogP contribution in [0, 0.1) is 22.9 Å². The van der Waals surface area contributed by atoms with Crippen LogP contribution in [0.4, 0.5) is 28.9 Å².